The summed E-state index contributed by atoms with van der Waals surface area (Å²) in [5, 5.41) is 0.0260. The third-order valence-electron chi connectivity index (χ3n) is 6.31. The maximum absolute atomic E-state index is 13.5. The molecule has 1 aliphatic heterocycles. The summed E-state index contributed by atoms with van der Waals surface area (Å²) in [4.78, 5) is -0.425. The molecule has 0 bridgehead atoms. The molecule has 1 atom stereocenters. The molecule has 0 spiro atoms. The second kappa shape index (κ2) is 9.48. The lowest BCUT2D eigenvalue weighted by molar-refractivity contribution is -0.137. The van der Waals surface area contributed by atoms with Gasteiger partial charge < -0.3 is 9.16 Å². The highest BCUT2D eigenvalue weighted by atomic mass is 79.9. The van der Waals surface area contributed by atoms with Crippen LogP contribution in [0.1, 0.15) is 32.8 Å². The lowest BCUT2D eigenvalue weighted by atomic mass is 10.2. The van der Waals surface area contributed by atoms with Gasteiger partial charge in [0.05, 0.1) is 22.7 Å². The zero-order valence-corrected chi connectivity index (χ0v) is 23.1. The van der Waals surface area contributed by atoms with Gasteiger partial charge >= 0.3 is 6.18 Å². The molecule has 0 saturated heterocycles. The Morgan fingerprint density at radius 3 is 2.44 bits per heavy atom. The zero-order chi connectivity index (χ0) is 25.5. The van der Waals surface area contributed by atoms with E-state index in [0.29, 0.717) is 29.3 Å². The van der Waals surface area contributed by atoms with Gasteiger partial charge in [0.1, 0.15) is 11.9 Å². The molecule has 1 aliphatic rings. The SMILES string of the molecule is CC(C)(C)[Si](C)(C)OCC[C@H]1CN(S(=O)(=O)c2cccc(C(F)(F)F)c2)c2cc(Br)ccc2O1. The number of fused-ring (bicyclic) bond motifs is 1. The Kier molecular flexibility index (Phi) is 7.53. The number of rotatable bonds is 6. The quantitative estimate of drug-likeness (QED) is 0.352. The number of hydrogen-bond acceptors (Lipinski definition) is 4. The summed E-state index contributed by atoms with van der Waals surface area (Å²) < 4.78 is 80.7. The van der Waals surface area contributed by atoms with Gasteiger partial charge in [0.2, 0.25) is 0 Å². The van der Waals surface area contributed by atoms with Crippen LogP contribution in [0.25, 0.3) is 0 Å². The molecule has 34 heavy (non-hydrogen) atoms. The lowest BCUT2D eigenvalue weighted by Gasteiger charge is -2.38. The molecule has 0 aliphatic carbocycles. The molecule has 2 aromatic carbocycles. The first-order valence-corrected chi connectivity index (χ1v) is 16.0. The van der Waals surface area contributed by atoms with E-state index in [-0.39, 0.29) is 17.3 Å². The van der Waals surface area contributed by atoms with Crippen LogP contribution in [0.2, 0.25) is 18.1 Å². The van der Waals surface area contributed by atoms with Gasteiger partial charge in [0.25, 0.3) is 10.0 Å². The van der Waals surface area contributed by atoms with Crippen molar-refractivity contribution in [3.05, 3.63) is 52.5 Å². The molecular weight excluding hydrogens is 551 g/mol. The van der Waals surface area contributed by atoms with Gasteiger partial charge in [-0.2, -0.15) is 13.2 Å². The zero-order valence-electron chi connectivity index (χ0n) is 19.7. The van der Waals surface area contributed by atoms with Crippen molar-refractivity contribution in [2.75, 3.05) is 17.5 Å². The summed E-state index contributed by atoms with van der Waals surface area (Å²) in [5.41, 5.74) is -0.746. The minimum Gasteiger partial charge on any atom is -0.486 e. The summed E-state index contributed by atoms with van der Waals surface area (Å²) in [6.07, 6.45) is -4.73. The number of sulfonamides is 1. The fourth-order valence-corrected chi connectivity index (χ4v) is 6.24. The molecule has 5 nitrogen and oxygen atoms in total. The summed E-state index contributed by atoms with van der Waals surface area (Å²) in [6, 6.07) is 8.75. The van der Waals surface area contributed by atoms with Crippen molar-refractivity contribution >= 4 is 40.0 Å². The number of halogens is 4. The van der Waals surface area contributed by atoms with E-state index >= 15 is 0 Å². The van der Waals surface area contributed by atoms with Gasteiger partial charge in [-0.3, -0.25) is 4.31 Å². The average molecular weight is 581 g/mol. The Balaban J connectivity index is 1.91. The number of nitrogens with zero attached hydrogens (tertiary/aromatic N) is 1. The first-order chi connectivity index (χ1) is 15.5. The second-order valence-corrected chi connectivity index (χ2v) is 17.4. The van der Waals surface area contributed by atoms with Crippen LogP contribution < -0.4 is 9.04 Å². The van der Waals surface area contributed by atoms with Crippen LogP contribution >= 0.6 is 15.9 Å². The van der Waals surface area contributed by atoms with E-state index in [1.807, 2.05) is 0 Å². The molecule has 2 aromatic rings. The number of anilines is 1. The van der Waals surface area contributed by atoms with Crippen molar-refractivity contribution in [3.63, 3.8) is 0 Å². The fourth-order valence-electron chi connectivity index (χ4n) is 3.29. The molecule has 0 radical (unpaired) electrons. The van der Waals surface area contributed by atoms with Gasteiger partial charge in [0.15, 0.2) is 8.32 Å². The second-order valence-electron chi connectivity index (χ2n) is 9.81. The van der Waals surface area contributed by atoms with E-state index in [1.165, 1.54) is 6.07 Å². The van der Waals surface area contributed by atoms with Crippen LogP contribution in [0.4, 0.5) is 18.9 Å². The molecular formula is C23H29BrF3NO4SSi. The van der Waals surface area contributed by atoms with E-state index in [4.69, 9.17) is 9.16 Å². The van der Waals surface area contributed by atoms with Gasteiger partial charge in [-0.1, -0.05) is 42.8 Å². The Hall–Kier alpha value is -1.56. The highest BCUT2D eigenvalue weighted by molar-refractivity contribution is 9.10. The molecule has 188 valence electrons. The molecule has 0 fully saturated rings. The molecule has 0 saturated carbocycles. The Morgan fingerprint density at radius 2 is 1.82 bits per heavy atom. The van der Waals surface area contributed by atoms with Crippen molar-refractivity contribution in [2.45, 2.75) is 62.5 Å². The lowest BCUT2D eigenvalue weighted by Crippen LogP contribution is -2.45. The van der Waals surface area contributed by atoms with Crippen LogP contribution in [0.15, 0.2) is 51.8 Å². The van der Waals surface area contributed by atoms with E-state index < -0.39 is 41.1 Å². The highest BCUT2D eigenvalue weighted by Gasteiger charge is 2.39. The van der Waals surface area contributed by atoms with E-state index in [1.54, 1.807) is 18.2 Å². The fraction of sp³-hybridized carbons (Fsp3) is 0.478. The predicted octanol–water partition coefficient (Wildman–Crippen LogP) is 6.84. The third kappa shape index (κ3) is 5.80. The monoisotopic (exact) mass is 579 g/mol. The molecule has 11 heteroatoms. The standard InChI is InChI=1S/C23H29BrF3NO4SSi/c1-22(2,3)34(4,5)31-12-11-18-15-28(20-14-17(24)9-10-21(20)32-18)33(29,30)19-8-6-7-16(13-19)23(25,26)27/h6-10,13-14,18H,11-12,15H2,1-5H3/t18-/m0/s1. The number of ether oxygens (including phenoxy) is 1. The number of benzene rings is 2. The van der Waals surface area contributed by atoms with Crippen LogP contribution in [-0.2, 0) is 20.6 Å². The highest BCUT2D eigenvalue weighted by Crippen LogP contribution is 2.41. The van der Waals surface area contributed by atoms with E-state index in [0.717, 1.165) is 16.4 Å². The normalized spacial score (nSPS) is 17.3. The Morgan fingerprint density at radius 1 is 1.15 bits per heavy atom. The largest absolute Gasteiger partial charge is 0.486 e. The average Bonchev–Trinajstić information content (AvgIpc) is 2.72. The van der Waals surface area contributed by atoms with Gasteiger partial charge in [0, 0.05) is 17.5 Å². The van der Waals surface area contributed by atoms with Crippen LogP contribution in [0, 0.1) is 0 Å². The number of alkyl halides is 3. The van der Waals surface area contributed by atoms with Crippen LogP contribution in [-0.4, -0.2) is 36.0 Å². The van der Waals surface area contributed by atoms with Crippen molar-refractivity contribution in [1.29, 1.82) is 0 Å². The van der Waals surface area contributed by atoms with Crippen molar-refractivity contribution < 1.29 is 30.8 Å². The minimum atomic E-state index is -4.65. The molecule has 0 amide bonds. The number of hydrogen-bond donors (Lipinski definition) is 0. The maximum atomic E-state index is 13.5. The van der Waals surface area contributed by atoms with Gasteiger partial charge in [-0.05, 0) is 54.5 Å². The summed E-state index contributed by atoms with van der Waals surface area (Å²) in [5.74, 6) is 0.349. The summed E-state index contributed by atoms with van der Waals surface area (Å²) >= 11 is 3.33. The van der Waals surface area contributed by atoms with Crippen molar-refractivity contribution in [3.8, 4) is 5.75 Å². The van der Waals surface area contributed by atoms with Gasteiger partial charge in [-0.25, -0.2) is 8.42 Å². The minimum absolute atomic E-state index is 0.0260. The maximum Gasteiger partial charge on any atom is 0.416 e. The molecule has 0 aromatic heterocycles. The van der Waals surface area contributed by atoms with Crippen LogP contribution in [0.3, 0.4) is 0 Å². The third-order valence-corrected chi connectivity index (χ3v) is 13.1. The van der Waals surface area contributed by atoms with Gasteiger partial charge in [-0.15, -0.1) is 0 Å². The van der Waals surface area contributed by atoms with Crippen molar-refractivity contribution in [1.82, 2.24) is 0 Å². The summed E-state index contributed by atoms with van der Waals surface area (Å²) in [6.45, 7) is 11.0. The first kappa shape index (κ1) is 27.0. The summed E-state index contributed by atoms with van der Waals surface area (Å²) in [7, 11) is -6.28. The topological polar surface area (TPSA) is 55.8 Å². The van der Waals surface area contributed by atoms with E-state index in [9.17, 15) is 21.6 Å². The predicted molar refractivity (Wildman–Crippen MR) is 132 cm³/mol. The Bertz CT molecular complexity index is 1150. The van der Waals surface area contributed by atoms with Crippen molar-refractivity contribution in [2.24, 2.45) is 0 Å². The smallest absolute Gasteiger partial charge is 0.416 e. The van der Waals surface area contributed by atoms with E-state index in [2.05, 4.69) is 49.8 Å². The molecule has 0 unspecified atom stereocenters. The Labute approximate surface area is 208 Å². The molecule has 1 heterocycles. The molecule has 0 N–H and O–H groups in total. The molecule has 3 rings (SSSR count). The van der Waals surface area contributed by atoms with Crippen LogP contribution in [0.5, 0.6) is 5.75 Å². The first-order valence-electron chi connectivity index (χ1n) is 10.8.